The van der Waals surface area contributed by atoms with Gasteiger partial charge in [0.2, 0.25) is 17.8 Å². The molecule has 0 saturated carbocycles. The molecule has 12 bridgehead atoms. The van der Waals surface area contributed by atoms with Gasteiger partial charge in [-0.3, -0.25) is 29.4 Å². The molecule has 3 N–H and O–H groups in total. The van der Waals surface area contributed by atoms with Crippen LogP contribution in [0, 0.1) is 13.8 Å². The predicted molar refractivity (Wildman–Crippen MR) is 373 cm³/mol. The lowest BCUT2D eigenvalue weighted by Crippen LogP contribution is -2.48. The number of amides is 6. The average molecular weight is 1320 g/mol. The summed E-state index contributed by atoms with van der Waals surface area (Å²) in [5.74, 6) is 2.44. The van der Waals surface area contributed by atoms with Crippen LogP contribution in [0.25, 0.3) is 0 Å². The largest absolute Gasteiger partial charge is 0.373 e. The van der Waals surface area contributed by atoms with Crippen molar-refractivity contribution in [1.29, 1.82) is 0 Å². The third-order valence-corrected chi connectivity index (χ3v) is 18.2. The van der Waals surface area contributed by atoms with E-state index in [4.69, 9.17) is 67.3 Å². The van der Waals surface area contributed by atoms with Crippen LogP contribution in [0.2, 0.25) is 10.0 Å². The number of ether oxygens (including phenoxy) is 3. The average Bonchev–Trinajstić information content (AvgIpc) is 0.777. The molecule has 6 aliphatic rings. The number of nitrogens with one attached hydrogen (secondary N) is 3. The van der Waals surface area contributed by atoms with Gasteiger partial charge in [0.15, 0.2) is 0 Å². The van der Waals surface area contributed by atoms with Gasteiger partial charge < -0.3 is 30.2 Å². The molecule has 482 valence electrons. The normalized spacial score (nSPS) is 18.8. The molecular weight excluding hydrogens is 1250 g/mol. The number of carbonyl (C=O) groups excluding carboxylic acids is 3. The fourth-order valence-electron chi connectivity index (χ4n) is 13.1. The minimum Gasteiger partial charge on any atom is -0.373 e. The first-order valence-corrected chi connectivity index (χ1v) is 32.5. The molecule has 9 aromatic rings. The van der Waals surface area contributed by atoms with E-state index >= 15 is 9.59 Å². The molecule has 21 nitrogen and oxygen atoms in total. The summed E-state index contributed by atoms with van der Waals surface area (Å²) in [6, 6.07) is 39.8. The Morgan fingerprint density at radius 3 is 1.27 bits per heavy atom. The summed E-state index contributed by atoms with van der Waals surface area (Å²) in [7, 11) is 0. The maximum absolute atomic E-state index is 15.7. The Balaban J connectivity index is 0.732. The number of fused-ring (bicyclic) bond motifs is 9. The summed E-state index contributed by atoms with van der Waals surface area (Å²) in [6.45, 7) is 6.21. The molecule has 0 saturated heterocycles. The lowest BCUT2D eigenvalue weighted by atomic mass is 10.0. The number of aromatic nitrogens is 6. The molecule has 96 heavy (non-hydrogen) atoms. The molecule has 0 aliphatic carbocycles. The summed E-state index contributed by atoms with van der Waals surface area (Å²) >= 11 is 14.6. The van der Waals surface area contributed by atoms with Gasteiger partial charge in [0.05, 0.1) is 85.4 Å². The third kappa shape index (κ3) is 12.7. The third-order valence-electron chi connectivity index (χ3n) is 17.6. The zero-order valence-electron chi connectivity index (χ0n) is 52.5. The molecule has 3 aromatic heterocycles. The molecule has 2 atom stereocenters. The quantitative estimate of drug-likeness (QED) is 0.127. The van der Waals surface area contributed by atoms with E-state index in [2.05, 4.69) is 16.0 Å². The van der Waals surface area contributed by atoms with Gasteiger partial charge in [0.25, 0.3) is 0 Å². The molecule has 15 rings (SSSR count). The number of para-hydroxylation sites is 3. The van der Waals surface area contributed by atoms with E-state index in [-0.39, 0.29) is 76.9 Å². The lowest BCUT2D eigenvalue weighted by Gasteiger charge is -2.37. The van der Waals surface area contributed by atoms with Crippen LogP contribution in [0.4, 0.5) is 83.8 Å². The van der Waals surface area contributed by atoms with Crippen molar-refractivity contribution in [3.63, 3.8) is 0 Å². The second-order valence-corrected chi connectivity index (χ2v) is 25.0. The molecule has 0 radical (unpaired) electrons. The van der Waals surface area contributed by atoms with Crippen LogP contribution in [0.3, 0.4) is 0 Å². The Morgan fingerprint density at radius 1 is 0.448 bits per heavy atom. The summed E-state index contributed by atoms with van der Waals surface area (Å²) in [6.07, 6.45) is 16.2. The number of hydrogen-bond donors (Lipinski definition) is 3. The molecular formula is C73H65Cl2N15O6. The van der Waals surface area contributed by atoms with Crippen molar-refractivity contribution in [2.24, 2.45) is 0 Å². The van der Waals surface area contributed by atoms with Gasteiger partial charge in [-0.05, 0) is 101 Å². The van der Waals surface area contributed by atoms with Crippen molar-refractivity contribution < 1.29 is 28.6 Å². The zero-order valence-corrected chi connectivity index (χ0v) is 54.0. The second kappa shape index (κ2) is 26.7. The first-order chi connectivity index (χ1) is 46.9. The Morgan fingerprint density at radius 2 is 0.833 bits per heavy atom. The summed E-state index contributed by atoms with van der Waals surface area (Å²) in [5, 5.41) is 10.8. The van der Waals surface area contributed by atoms with E-state index < -0.39 is 12.2 Å². The number of halogens is 2. The van der Waals surface area contributed by atoms with Gasteiger partial charge in [0.1, 0.15) is 17.5 Å². The molecule has 6 amide bonds. The van der Waals surface area contributed by atoms with Crippen molar-refractivity contribution >= 4 is 111 Å². The van der Waals surface area contributed by atoms with Crippen molar-refractivity contribution in [3.8, 4) is 0 Å². The van der Waals surface area contributed by atoms with Gasteiger partial charge >= 0.3 is 18.1 Å². The van der Waals surface area contributed by atoms with E-state index in [0.29, 0.717) is 82.0 Å². The topological polar surface area (TPSA) is 212 Å². The molecule has 2 unspecified atom stereocenters. The standard InChI is InChI=1S/C73H65Cl2N15O6/c1-45-13-5-14-46(2)62(45)88-39-52-36-76-69-80-56-21-7-16-48(32-56)43-95-58(23-11-28-86(71(88)91)66(52)83-69)35-51-19-10-26-61(75)64(51)90-41-54-38-78-70-81-57-22-8-17-49(33-57)44-96-59(24-12-29-87(73(90)93)67(54)84-70)34-50-18-9-25-60(74)63(50)89-40-53-37-77-68-79-55-20-6-15-47(31-55)42-94-30-4-3-27-85(72(89)92)65(53)82-68/h3-26,31-33,36-38,58-59H,27-30,34-35,39-44H2,1-2H3,(H,76,80,83)(H,77,79,82)(H,78,81,84)/b4-3+,23-11-,24-12-. The predicted octanol–water partition coefficient (Wildman–Crippen LogP) is 14.5. The van der Waals surface area contributed by atoms with Crippen molar-refractivity contribution in [1.82, 2.24) is 29.9 Å². The highest BCUT2D eigenvalue weighted by Crippen LogP contribution is 2.42. The summed E-state index contributed by atoms with van der Waals surface area (Å²) in [4.78, 5) is 84.7. The lowest BCUT2D eigenvalue weighted by molar-refractivity contribution is 0.0722. The fraction of sp³-hybridized carbons (Fsp3) is 0.219. The number of anilines is 12. The highest BCUT2D eigenvalue weighted by Gasteiger charge is 2.39. The summed E-state index contributed by atoms with van der Waals surface area (Å²) < 4.78 is 19.6. The number of rotatable bonds is 7. The fourth-order valence-corrected chi connectivity index (χ4v) is 13.7. The Kier molecular flexibility index (Phi) is 17.1. The van der Waals surface area contributed by atoms with Crippen LogP contribution in [0.1, 0.15) is 55.6 Å². The number of nitrogens with zero attached hydrogens (tertiary/aromatic N) is 12. The van der Waals surface area contributed by atoms with Crippen molar-refractivity contribution in [3.05, 3.63) is 248 Å². The second-order valence-electron chi connectivity index (χ2n) is 24.2. The monoisotopic (exact) mass is 1320 g/mol. The Hall–Kier alpha value is -10.6. The van der Waals surface area contributed by atoms with Crippen LogP contribution < -0.4 is 45.3 Å². The molecule has 6 aromatic carbocycles. The molecule has 6 aliphatic heterocycles. The van der Waals surface area contributed by atoms with E-state index in [0.717, 1.165) is 72.8 Å². The molecule has 0 fully saturated rings. The Bertz CT molecular complexity index is 4620. The number of benzene rings is 6. The summed E-state index contributed by atoms with van der Waals surface area (Å²) in [5.41, 5.74) is 12.6. The van der Waals surface area contributed by atoms with Gasteiger partial charge in [0, 0.05) is 84.8 Å². The first-order valence-electron chi connectivity index (χ1n) is 31.7. The van der Waals surface area contributed by atoms with Crippen LogP contribution in [-0.4, -0.2) is 86.4 Å². The van der Waals surface area contributed by atoms with E-state index in [1.54, 1.807) is 60.1 Å². The van der Waals surface area contributed by atoms with E-state index in [1.165, 1.54) is 0 Å². The minimum absolute atomic E-state index is 0.0668. The van der Waals surface area contributed by atoms with Crippen LogP contribution >= 0.6 is 23.2 Å². The van der Waals surface area contributed by atoms with Crippen molar-refractivity contribution in [2.45, 2.75) is 78.4 Å². The van der Waals surface area contributed by atoms with Crippen LogP contribution in [0.5, 0.6) is 0 Å². The number of hydrogen-bond acceptors (Lipinski definition) is 15. The number of urea groups is 3. The SMILES string of the molecule is Cc1cccc(C)c1N1Cc2cnc3nc2N(C/C=C\C(Cc2cccc(Cl)c2N2Cc4cnc5nc4N(C/C=C\C(Cc4cccc(Cl)c4N4Cc6cnc7nc6N(C/C=C/COCc6cccc(c6)N7)C4=O)OCc4cccc(c4)N5)C2=O)OCc2cccc(c2)N3)C1=O. The highest BCUT2D eigenvalue weighted by molar-refractivity contribution is 6.35. The maximum atomic E-state index is 15.7. The molecule has 0 spiro atoms. The minimum atomic E-state index is -0.607. The van der Waals surface area contributed by atoms with Gasteiger partial charge in [-0.15, -0.1) is 0 Å². The number of carbonyl (C=O) groups is 3. The molecule has 9 heterocycles. The highest BCUT2D eigenvalue weighted by atomic mass is 35.5. The number of aryl methyl sites for hydroxylation is 2. The van der Waals surface area contributed by atoms with Gasteiger partial charge in [-0.2, -0.15) is 15.0 Å². The van der Waals surface area contributed by atoms with Gasteiger partial charge in [-0.25, -0.2) is 29.3 Å². The molecule has 23 heteroatoms. The Labute approximate surface area is 564 Å². The van der Waals surface area contributed by atoms with Crippen molar-refractivity contribution in [2.75, 3.05) is 71.6 Å². The smallest absolute Gasteiger partial charge is 0.330 e. The van der Waals surface area contributed by atoms with Crippen LogP contribution in [-0.2, 0) is 66.5 Å². The first kappa shape index (κ1) is 61.6. The van der Waals surface area contributed by atoms with Crippen LogP contribution in [0.15, 0.2) is 182 Å². The van der Waals surface area contributed by atoms with E-state index in [9.17, 15) is 4.79 Å². The van der Waals surface area contributed by atoms with Gasteiger partial charge in [-0.1, -0.05) is 139 Å². The van der Waals surface area contributed by atoms with E-state index in [1.807, 2.05) is 166 Å². The maximum Gasteiger partial charge on any atom is 0.330 e. The zero-order chi connectivity index (χ0) is 65.4.